The van der Waals surface area contributed by atoms with Gasteiger partial charge in [-0.05, 0) is 74.2 Å². The van der Waals surface area contributed by atoms with Crippen LogP contribution in [0.1, 0.15) is 39.5 Å². The molecule has 188 valence electrons. The Balaban J connectivity index is 1.39. The van der Waals surface area contributed by atoms with E-state index in [1.807, 2.05) is 48.5 Å². The van der Waals surface area contributed by atoms with Crippen molar-refractivity contribution in [3.8, 4) is 0 Å². The van der Waals surface area contributed by atoms with E-state index in [0.29, 0.717) is 22.1 Å². The molecule has 2 saturated heterocycles. The van der Waals surface area contributed by atoms with E-state index in [-0.39, 0.29) is 0 Å². The van der Waals surface area contributed by atoms with Crippen molar-refractivity contribution in [3.63, 3.8) is 0 Å². The average Bonchev–Trinajstić information content (AvgIpc) is 2.88. The van der Waals surface area contributed by atoms with Crippen molar-refractivity contribution >= 4 is 34.6 Å². The van der Waals surface area contributed by atoms with E-state index in [0.717, 1.165) is 70.2 Å². The topological polar surface area (TPSA) is 62.4 Å². The fraction of sp³-hybridized carbons (Fsp3) is 0.520. The molecule has 2 aliphatic rings. The second kappa shape index (κ2) is 12.6. The van der Waals surface area contributed by atoms with Crippen LogP contribution in [0.25, 0.3) is 0 Å². The average molecular weight is 518 g/mol. The molecule has 2 fully saturated rings. The summed E-state index contributed by atoms with van der Waals surface area (Å²) in [5, 5.41) is 23.4. The minimum Gasteiger partial charge on any atom is -0.268 e. The smallest absolute Gasteiger partial charge is 0.0909 e. The van der Waals surface area contributed by atoms with Gasteiger partial charge in [0.2, 0.25) is 0 Å². The normalized spacial score (nSPS) is 22.5. The summed E-state index contributed by atoms with van der Waals surface area (Å²) in [5.41, 5.74) is 1.62. The summed E-state index contributed by atoms with van der Waals surface area (Å²) >= 11 is 12.0. The Morgan fingerprint density at radius 1 is 0.686 bits per heavy atom. The Kier molecular flexibility index (Phi) is 9.31. The monoisotopic (exact) mass is 516 g/mol. The number of rotatable bonds is 8. The van der Waals surface area contributed by atoms with Crippen LogP contribution in [0, 0.1) is 0 Å². The molecule has 0 N–H and O–H groups in total. The van der Waals surface area contributed by atoms with E-state index >= 15 is 0 Å². The first-order chi connectivity index (χ1) is 17.0. The van der Waals surface area contributed by atoms with Gasteiger partial charge in [-0.2, -0.15) is 0 Å². The Hall–Kier alpha value is -2.26. The van der Waals surface area contributed by atoms with Gasteiger partial charge in [0.1, 0.15) is 0 Å². The maximum atomic E-state index is 5.98. The van der Waals surface area contributed by atoms with E-state index in [4.69, 9.17) is 23.2 Å². The van der Waals surface area contributed by atoms with E-state index in [2.05, 4.69) is 54.3 Å². The van der Waals surface area contributed by atoms with Crippen molar-refractivity contribution < 1.29 is 0 Å². The van der Waals surface area contributed by atoms with Gasteiger partial charge < -0.3 is 0 Å². The Labute approximate surface area is 218 Å². The summed E-state index contributed by atoms with van der Waals surface area (Å²) in [4.78, 5) is 5.04. The van der Waals surface area contributed by atoms with Crippen LogP contribution in [0.3, 0.4) is 0 Å². The van der Waals surface area contributed by atoms with Gasteiger partial charge in [0, 0.05) is 35.2 Å². The van der Waals surface area contributed by atoms with Gasteiger partial charge in [-0.3, -0.25) is 19.8 Å². The summed E-state index contributed by atoms with van der Waals surface area (Å²) < 4.78 is 0. The van der Waals surface area contributed by atoms with Gasteiger partial charge >= 0.3 is 0 Å². The van der Waals surface area contributed by atoms with Crippen molar-refractivity contribution in [1.29, 1.82) is 0 Å². The van der Waals surface area contributed by atoms with Crippen LogP contribution in [0.5, 0.6) is 0 Å². The third-order valence-electron chi connectivity index (χ3n) is 6.70. The molecule has 8 nitrogen and oxygen atoms in total. The maximum Gasteiger partial charge on any atom is 0.0909 e. The molecule has 0 bridgehead atoms. The predicted octanol–water partition coefficient (Wildman–Crippen LogP) is 7.14. The predicted molar refractivity (Wildman–Crippen MR) is 141 cm³/mol. The first kappa shape index (κ1) is 25.8. The standard InChI is InChI=1S/C25H34Cl2N8/c1-3-24-13-15-34(30-28-22-9-5-20(26)6-10-22)18-32(24)17-33-19-35(16-14-25(33)4-2)31-29-23-11-7-21(27)8-12-23/h5-12,24-25H,3-4,13-19H2,1-2H3. The molecule has 0 spiro atoms. The van der Waals surface area contributed by atoms with Crippen molar-refractivity contribution in [2.24, 2.45) is 20.7 Å². The van der Waals surface area contributed by atoms with Gasteiger partial charge in [-0.15, -0.1) is 10.2 Å². The van der Waals surface area contributed by atoms with Gasteiger partial charge in [0.15, 0.2) is 0 Å². The number of hydrogen-bond acceptors (Lipinski definition) is 6. The molecule has 2 aromatic carbocycles. The fourth-order valence-electron chi connectivity index (χ4n) is 4.62. The SMILES string of the molecule is CCC1CCN(N=Nc2ccc(Cl)cc2)CN1CN1CN(N=Nc2ccc(Cl)cc2)CCC1CC. The second-order valence-electron chi connectivity index (χ2n) is 9.10. The highest BCUT2D eigenvalue weighted by atomic mass is 35.5. The molecule has 2 unspecified atom stereocenters. The Morgan fingerprint density at radius 2 is 1.09 bits per heavy atom. The summed E-state index contributed by atoms with van der Waals surface area (Å²) in [6, 6.07) is 15.9. The lowest BCUT2D eigenvalue weighted by Crippen LogP contribution is -2.57. The largest absolute Gasteiger partial charge is 0.268 e. The lowest BCUT2D eigenvalue weighted by molar-refractivity contribution is -0.0546. The van der Waals surface area contributed by atoms with Crippen LogP contribution < -0.4 is 0 Å². The first-order valence-electron chi connectivity index (χ1n) is 12.4. The highest BCUT2D eigenvalue weighted by Crippen LogP contribution is 2.24. The minimum atomic E-state index is 0.528. The molecule has 0 amide bonds. The zero-order valence-electron chi connectivity index (χ0n) is 20.5. The highest BCUT2D eigenvalue weighted by molar-refractivity contribution is 6.30. The summed E-state index contributed by atoms with van der Waals surface area (Å²) in [5.74, 6) is 0. The van der Waals surface area contributed by atoms with E-state index in [1.54, 1.807) is 0 Å². The first-order valence-corrected chi connectivity index (χ1v) is 13.1. The van der Waals surface area contributed by atoms with Crippen LogP contribution in [0.4, 0.5) is 11.4 Å². The van der Waals surface area contributed by atoms with Gasteiger partial charge in [-0.25, -0.2) is 0 Å². The lowest BCUT2D eigenvalue weighted by Gasteiger charge is -2.46. The van der Waals surface area contributed by atoms with Gasteiger partial charge in [0.05, 0.1) is 31.4 Å². The molecular weight excluding hydrogens is 483 g/mol. The number of nitrogens with zero attached hydrogens (tertiary/aromatic N) is 8. The van der Waals surface area contributed by atoms with Crippen LogP contribution in [-0.4, -0.2) is 65.0 Å². The quantitative estimate of drug-likeness (QED) is 0.349. The van der Waals surface area contributed by atoms with Crippen molar-refractivity contribution in [2.75, 3.05) is 33.1 Å². The number of hydrogen-bond donors (Lipinski definition) is 0. The van der Waals surface area contributed by atoms with E-state index in [9.17, 15) is 0 Å². The molecule has 2 atom stereocenters. The molecule has 0 saturated carbocycles. The summed E-state index contributed by atoms with van der Waals surface area (Å²) in [6.07, 6.45) is 4.38. The van der Waals surface area contributed by atoms with Crippen molar-refractivity contribution in [3.05, 3.63) is 58.6 Å². The molecule has 0 aliphatic carbocycles. The number of halogens is 2. The highest BCUT2D eigenvalue weighted by Gasteiger charge is 2.31. The number of benzene rings is 2. The second-order valence-corrected chi connectivity index (χ2v) is 9.97. The van der Waals surface area contributed by atoms with Crippen LogP contribution in [0.2, 0.25) is 10.0 Å². The molecule has 0 radical (unpaired) electrons. The van der Waals surface area contributed by atoms with Crippen molar-refractivity contribution in [2.45, 2.75) is 51.6 Å². The zero-order valence-corrected chi connectivity index (χ0v) is 22.0. The van der Waals surface area contributed by atoms with Crippen LogP contribution in [-0.2, 0) is 0 Å². The molecule has 10 heteroatoms. The Bertz CT molecular complexity index is 902. The van der Waals surface area contributed by atoms with Crippen LogP contribution >= 0.6 is 23.2 Å². The molecule has 2 heterocycles. The third-order valence-corrected chi connectivity index (χ3v) is 7.20. The van der Waals surface area contributed by atoms with E-state index in [1.165, 1.54) is 0 Å². The van der Waals surface area contributed by atoms with Crippen LogP contribution in [0.15, 0.2) is 69.2 Å². The Morgan fingerprint density at radius 3 is 1.46 bits per heavy atom. The lowest BCUT2D eigenvalue weighted by atomic mass is 10.1. The fourth-order valence-corrected chi connectivity index (χ4v) is 4.87. The van der Waals surface area contributed by atoms with E-state index < -0.39 is 0 Å². The maximum absolute atomic E-state index is 5.98. The molecule has 4 rings (SSSR count). The third kappa shape index (κ3) is 7.36. The van der Waals surface area contributed by atoms with Gasteiger partial charge in [0.25, 0.3) is 0 Å². The summed E-state index contributed by atoms with van der Waals surface area (Å²) in [6.45, 7) is 8.74. The summed E-state index contributed by atoms with van der Waals surface area (Å²) in [7, 11) is 0. The van der Waals surface area contributed by atoms with Crippen molar-refractivity contribution in [1.82, 2.24) is 19.8 Å². The molecular formula is C25H34Cl2N8. The molecule has 0 aromatic heterocycles. The molecule has 2 aromatic rings. The molecule has 2 aliphatic heterocycles. The molecule has 35 heavy (non-hydrogen) atoms. The minimum absolute atomic E-state index is 0.528. The van der Waals surface area contributed by atoms with Gasteiger partial charge in [-0.1, -0.05) is 47.5 Å². The zero-order chi connectivity index (χ0) is 24.6.